The molecule has 1 saturated heterocycles. The number of sulfone groups is 1. The molecule has 1 aliphatic heterocycles. The Morgan fingerprint density at radius 1 is 1.33 bits per heavy atom. The Morgan fingerprint density at radius 2 is 2.04 bits per heavy atom. The van der Waals surface area contributed by atoms with E-state index in [1.807, 2.05) is 30.0 Å². The van der Waals surface area contributed by atoms with Gasteiger partial charge >= 0.3 is 0 Å². The van der Waals surface area contributed by atoms with E-state index in [1.54, 1.807) is 38.9 Å². The molecule has 0 bridgehead atoms. The first-order chi connectivity index (χ1) is 12.6. The second-order valence-corrected chi connectivity index (χ2v) is 10.3. The third kappa shape index (κ3) is 5.00. The van der Waals surface area contributed by atoms with Crippen LogP contribution in [0.1, 0.15) is 36.7 Å². The van der Waals surface area contributed by atoms with Crippen molar-refractivity contribution in [2.45, 2.75) is 32.1 Å². The van der Waals surface area contributed by atoms with Gasteiger partial charge in [0.05, 0.1) is 17.0 Å². The van der Waals surface area contributed by atoms with E-state index in [2.05, 4.69) is 10.3 Å². The predicted octanol–water partition coefficient (Wildman–Crippen LogP) is 1.36. The van der Waals surface area contributed by atoms with Gasteiger partial charge in [0.2, 0.25) is 0 Å². The number of rotatable bonds is 4. The molecule has 1 aromatic rings. The van der Waals surface area contributed by atoms with E-state index in [0.717, 1.165) is 5.56 Å². The maximum absolute atomic E-state index is 12.2. The van der Waals surface area contributed by atoms with Crippen LogP contribution in [0.4, 0.5) is 0 Å². The first-order valence-corrected chi connectivity index (χ1v) is 10.8. The smallest absolute Gasteiger partial charge is 0.253 e. The molecule has 8 heteroatoms. The Kier molecular flexibility index (Phi) is 6.51. The lowest BCUT2D eigenvalue weighted by atomic mass is 10.1. The van der Waals surface area contributed by atoms with Crippen LogP contribution in [0, 0.1) is 0 Å². The standard InChI is InChI=1S/C19H30N4O3S/c1-6-20-18(23-10-11-27(25,26)19(2,3)14-23)21-13-15-8-7-9-16(12-15)17(24)22(4)5/h7-9,12H,6,10-11,13-14H2,1-5H3,(H,20,21). The van der Waals surface area contributed by atoms with Gasteiger partial charge in [-0.15, -0.1) is 0 Å². The largest absolute Gasteiger partial charge is 0.357 e. The van der Waals surface area contributed by atoms with Gasteiger partial charge in [-0.3, -0.25) is 4.79 Å². The van der Waals surface area contributed by atoms with Crippen LogP contribution in [0.5, 0.6) is 0 Å². The zero-order chi connectivity index (χ0) is 20.2. The predicted molar refractivity (Wildman–Crippen MR) is 109 cm³/mol. The molecular formula is C19H30N4O3S. The van der Waals surface area contributed by atoms with E-state index in [-0.39, 0.29) is 11.7 Å². The molecule has 1 aromatic carbocycles. The van der Waals surface area contributed by atoms with Gasteiger partial charge < -0.3 is 15.1 Å². The SMILES string of the molecule is CCNC(=NCc1cccc(C(=O)N(C)C)c1)N1CCS(=O)(=O)C(C)(C)C1. The maximum atomic E-state index is 12.2. The van der Waals surface area contributed by atoms with Gasteiger partial charge in [0.15, 0.2) is 15.8 Å². The lowest BCUT2D eigenvalue weighted by molar-refractivity contribution is 0.0827. The van der Waals surface area contributed by atoms with Gasteiger partial charge in [0.25, 0.3) is 5.91 Å². The number of guanidine groups is 1. The van der Waals surface area contributed by atoms with Gasteiger partial charge in [-0.25, -0.2) is 13.4 Å². The molecule has 1 fully saturated rings. The van der Waals surface area contributed by atoms with Crippen LogP contribution in [-0.4, -0.2) is 74.3 Å². The van der Waals surface area contributed by atoms with E-state index < -0.39 is 14.6 Å². The van der Waals surface area contributed by atoms with E-state index in [9.17, 15) is 13.2 Å². The van der Waals surface area contributed by atoms with Crippen LogP contribution >= 0.6 is 0 Å². The molecule has 0 unspecified atom stereocenters. The van der Waals surface area contributed by atoms with Gasteiger partial charge in [0.1, 0.15) is 0 Å². The zero-order valence-corrected chi connectivity index (χ0v) is 17.6. The minimum atomic E-state index is -3.10. The van der Waals surface area contributed by atoms with Crippen LogP contribution in [0.25, 0.3) is 0 Å². The van der Waals surface area contributed by atoms with E-state index in [4.69, 9.17) is 0 Å². The number of nitrogens with one attached hydrogen (secondary N) is 1. The fraction of sp³-hybridized carbons (Fsp3) is 0.579. The number of hydrogen-bond acceptors (Lipinski definition) is 4. The molecule has 1 heterocycles. The Balaban J connectivity index is 2.19. The Bertz CT molecular complexity index is 816. The number of carbonyl (C=O) groups excluding carboxylic acids is 1. The van der Waals surface area contributed by atoms with Crippen molar-refractivity contribution in [2.24, 2.45) is 4.99 Å². The molecule has 1 N–H and O–H groups in total. The molecule has 0 aliphatic carbocycles. The number of carbonyl (C=O) groups is 1. The summed E-state index contributed by atoms with van der Waals surface area (Å²) in [6.07, 6.45) is 0. The first-order valence-electron chi connectivity index (χ1n) is 9.13. The summed E-state index contributed by atoms with van der Waals surface area (Å²) < 4.78 is 23.7. The number of nitrogens with zero attached hydrogens (tertiary/aromatic N) is 3. The average molecular weight is 395 g/mol. The van der Waals surface area contributed by atoms with Gasteiger partial charge in [-0.2, -0.15) is 0 Å². The summed E-state index contributed by atoms with van der Waals surface area (Å²) in [5.41, 5.74) is 1.56. The fourth-order valence-corrected chi connectivity index (χ4v) is 4.34. The van der Waals surface area contributed by atoms with E-state index in [0.29, 0.717) is 37.7 Å². The third-order valence-electron chi connectivity index (χ3n) is 4.67. The lowest BCUT2D eigenvalue weighted by Gasteiger charge is -2.39. The monoisotopic (exact) mass is 394 g/mol. The van der Waals surface area contributed by atoms with Gasteiger partial charge in [0, 0.05) is 39.3 Å². The molecule has 0 atom stereocenters. The van der Waals surface area contributed by atoms with Crippen LogP contribution in [0.15, 0.2) is 29.3 Å². The number of benzene rings is 1. The summed E-state index contributed by atoms with van der Waals surface area (Å²) in [4.78, 5) is 20.4. The Hall–Kier alpha value is -2.09. The summed E-state index contributed by atoms with van der Waals surface area (Å²) in [6.45, 7) is 7.44. The number of hydrogen-bond donors (Lipinski definition) is 1. The summed E-state index contributed by atoms with van der Waals surface area (Å²) >= 11 is 0. The average Bonchev–Trinajstić information content (AvgIpc) is 2.60. The van der Waals surface area contributed by atoms with E-state index in [1.165, 1.54) is 0 Å². The van der Waals surface area contributed by atoms with Crippen molar-refractivity contribution >= 4 is 21.7 Å². The summed E-state index contributed by atoms with van der Waals surface area (Å²) in [5, 5.41) is 3.25. The van der Waals surface area contributed by atoms with E-state index >= 15 is 0 Å². The molecular weight excluding hydrogens is 364 g/mol. The molecule has 0 spiro atoms. The van der Waals surface area contributed by atoms with Crippen molar-refractivity contribution in [1.82, 2.24) is 15.1 Å². The van der Waals surface area contributed by atoms with Crippen molar-refractivity contribution in [3.63, 3.8) is 0 Å². The number of aliphatic imine (C=N–C) groups is 1. The molecule has 0 saturated carbocycles. The third-order valence-corrected chi connectivity index (χ3v) is 7.20. The Labute approximate surface area is 162 Å². The molecule has 1 amide bonds. The normalized spacial score (nSPS) is 18.9. The topological polar surface area (TPSA) is 82.1 Å². The number of amides is 1. The summed E-state index contributed by atoms with van der Waals surface area (Å²) in [5.74, 6) is 0.776. The van der Waals surface area contributed by atoms with Crippen LogP contribution in [0.3, 0.4) is 0 Å². The first kappa shape index (κ1) is 21.2. The van der Waals surface area contributed by atoms with Crippen molar-refractivity contribution in [1.29, 1.82) is 0 Å². The van der Waals surface area contributed by atoms with Crippen LogP contribution in [-0.2, 0) is 16.4 Å². The fourth-order valence-electron chi connectivity index (χ4n) is 2.98. The molecule has 7 nitrogen and oxygen atoms in total. The molecule has 0 radical (unpaired) electrons. The summed E-state index contributed by atoms with van der Waals surface area (Å²) in [6, 6.07) is 7.42. The highest BCUT2D eigenvalue weighted by Gasteiger charge is 2.40. The molecule has 1 aliphatic rings. The highest BCUT2D eigenvalue weighted by Crippen LogP contribution is 2.23. The molecule has 27 heavy (non-hydrogen) atoms. The molecule has 150 valence electrons. The van der Waals surface area contributed by atoms with Crippen molar-refractivity contribution in [2.75, 3.05) is 39.5 Å². The summed E-state index contributed by atoms with van der Waals surface area (Å²) in [7, 11) is 0.350. The second-order valence-electron chi connectivity index (χ2n) is 7.57. The molecule has 2 rings (SSSR count). The Morgan fingerprint density at radius 3 is 2.63 bits per heavy atom. The van der Waals surface area contributed by atoms with Crippen molar-refractivity contribution in [3.8, 4) is 0 Å². The van der Waals surface area contributed by atoms with Gasteiger partial charge in [-0.1, -0.05) is 12.1 Å². The zero-order valence-electron chi connectivity index (χ0n) is 16.8. The molecule has 0 aromatic heterocycles. The van der Waals surface area contributed by atoms with Crippen molar-refractivity contribution in [3.05, 3.63) is 35.4 Å². The minimum Gasteiger partial charge on any atom is -0.357 e. The highest BCUT2D eigenvalue weighted by molar-refractivity contribution is 7.92. The second kappa shape index (κ2) is 8.29. The minimum absolute atomic E-state index is 0.0456. The van der Waals surface area contributed by atoms with Crippen LogP contribution in [0.2, 0.25) is 0 Å². The lowest BCUT2D eigenvalue weighted by Crippen LogP contribution is -2.57. The maximum Gasteiger partial charge on any atom is 0.253 e. The van der Waals surface area contributed by atoms with Gasteiger partial charge in [-0.05, 0) is 38.5 Å². The van der Waals surface area contributed by atoms with Crippen molar-refractivity contribution < 1.29 is 13.2 Å². The highest BCUT2D eigenvalue weighted by atomic mass is 32.2. The quantitative estimate of drug-likeness (QED) is 0.616. The van der Waals surface area contributed by atoms with Crippen LogP contribution < -0.4 is 5.32 Å².